The molecule has 1 aromatic rings. The first-order valence-corrected chi connectivity index (χ1v) is 7.36. The number of rotatable bonds is 5. The first-order valence-electron chi connectivity index (χ1n) is 7.36. The average Bonchev–Trinajstić information content (AvgIpc) is 2.53. The third kappa shape index (κ3) is 4.01. The number of piperidine rings is 1. The Hall–Kier alpha value is -1.95. The molecule has 1 aliphatic heterocycles. The summed E-state index contributed by atoms with van der Waals surface area (Å²) < 4.78 is 0. The van der Waals surface area contributed by atoms with Crippen LogP contribution >= 0.6 is 0 Å². The Balaban J connectivity index is 2.02. The maximum atomic E-state index is 12.5. The van der Waals surface area contributed by atoms with Crippen LogP contribution in [-0.2, 0) is 0 Å². The van der Waals surface area contributed by atoms with E-state index in [0.29, 0.717) is 18.0 Å². The zero-order valence-electron chi connectivity index (χ0n) is 12.2. The lowest BCUT2D eigenvalue weighted by atomic mass is 9.98. The van der Waals surface area contributed by atoms with E-state index in [1.165, 1.54) is 24.3 Å². The van der Waals surface area contributed by atoms with Gasteiger partial charge in [-0.15, -0.1) is 0 Å². The highest BCUT2D eigenvalue weighted by atomic mass is 16.6. The van der Waals surface area contributed by atoms with Gasteiger partial charge in [0.2, 0.25) is 0 Å². The van der Waals surface area contributed by atoms with E-state index in [4.69, 9.17) is 0 Å². The van der Waals surface area contributed by atoms with Crippen molar-refractivity contribution >= 4 is 11.6 Å². The van der Waals surface area contributed by atoms with Gasteiger partial charge in [0.05, 0.1) is 4.92 Å². The standard InChI is InChI=1S/C15H21N3O3/c1-2-17(11-12-4-3-9-16-10-12)15(19)13-5-7-14(8-6-13)18(20)21/h5-8,12,16H,2-4,9-11H2,1H3. The van der Waals surface area contributed by atoms with Gasteiger partial charge in [-0.3, -0.25) is 14.9 Å². The molecule has 1 aliphatic rings. The summed E-state index contributed by atoms with van der Waals surface area (Å²) in [7, 11) is 0. The summed E-state index contributed by atoms with van der Waals surface area (Å²) in [6, 6.07) is 5.82. The van der Waals surface area contributed by atoms with Gasteiger partial charge in [0.25, 0.3) is 11.6 Å². The normalized spacial score (nSPS) is 18.2. The monoisotopic (exact) mass is 291 g/mol. The molecule has 2 rings (SSSR count). The van der Waals surface area contributed by atoms with Crippen molar-refractivity contribution in [2.45, 2.75) is 19.8 Å². The molecule has 1 fully saturated rings. The van der Waals surface area contributed by atoms with Crippen molar-refractivity contribution in [3.63, 3.8) is 0 Å². The third-order valence-electron chi connectivity index (χ3n) is 3.87. The van der Waals surface area contributed by atoms with E-state index in [2.05, 4.69) is 5.32 Å². The fraction of sp³-hybridized carbons (Fsp3) is 0.533. The zero-order valence-corrected chi connectivity index (χ0v) is 12.2. The number of nitro groups is 1. The Bertz CT molecular complexity index is 495. The molecule has 0 bridgehead atoms. The number of non-ortho nitro benzene ring substituents is 1. The molecule has 0 aromatic heterocycles. The number of amides is 1. The number of benzene rings is 1. The van der Waals surface area contributed by atoms with Crippen LogP contribution < -0.4 is 5.32 Å². The molecule has 0 radical (unpaired) electrons. The van der Waals surface area contributed by atoms with Crippen LogP contribution in [0.5, 0.6) is 0 Å². The predicted molar refractivity (Wildman–Crippen MR) is 80.3 cm³/mol. The molecular weight excluding hydrogens is 270 g/mol. The van der Waals surface area contributed by atoms with Crippen LogP contribution in [0, 0.1) is 16.0 Å². The summed E-state index contributed by atoms with van der Waals surface area (Å²) in [5, 5.41) is 14.0. The van der Waals surface area contributed by atoms with Crippen molar-refractivity contribution in [2.24, 2.45) is 5.92 Å². The maximum Gasteiger partial charge on any atom is 0.269 e. The summed E-state index contributed by atoms with van der Waals surface area (Å²) in [5.41, 5.74) is 0.511. The van der Waals surface area contributed by atoms with E-state index in [-0.39, 0.29) is 11.6 Å². The fourth-order valence-electron chi connectivity index (χ4n) is 2.66. The molecule has 1 saturated heterocycles. The molecule has 1 heterocycles. The lowest BCUT2D eigenvalue weighted by Crippen LogP contribution is -2.41. The Morgan fingerprint density at radius 1 is 1.43 bits per heavy atom. The number of hydrogen-bond acceptors (Lipinski definition) is 4. The molecule has 0 aliphatic carbocycles. The quantitative estimate of drug-likeness (QED) is 0.665. The first kappa shape index (κ1) is 15.4. The maximum absolute atomic E-state index is 12.5. The lowest BCUT2D eigenvalue weighted by Gasteiger charge is -2.29. The Morgan fingerprint density at radius 3 is 2.67 bits per heavy atom. The molecule has 21 heavy (non-hydrogen) atoms. The fourth-order valence-corrected chi connectivity index (χ4v) is 2.66. The van der Waals surface area contributed by atoms with Gasteiger partial charge in [-0.25, -0.2) is 0 Å². The van der Waals surface area contributed by atoms with Crippen LogP contribution in [0.25, 0.3) is 0 Å². The average molecular weight is 291 g/mol. The van der Waals surface area contributed by atoms with Crippen molar-refractivity contribution < 1.29 is 9.72 Å². The molecule has 1 aromatic carbocycles. The molecule has 1 unspecified atom stereocenters. The second kappa shape index (κ2) is 7.17. The summed E-state index contributed by atoms with van der Waals surface area (Å²) in [5.74, 6) is 0.429. The largest absolute Gasteiger partial charge is 0.339 e. The number of nitrogens with one attached hydrogen (secondary N) is 1. The Kier molecular flexibility index (Phi) is 5.27. The van der Waals surface area contributed by atoms with Crippen molar-refractivity contribution in [2.75, 3.05) is 26.2 Å². The smallest absolute Gasteiger partial charge is 0.269 e. The summed E-state index contributed by atoms with van der Waals surface area (Å²) >= 11 is 0. The zero-order chi connectivity index (χ0) is 15.2. The van der Waals surface area contributed by atoms with Crippen LogP contribution in [0.3, 0.4) is 0 Å². The molecule has 1 amide bonds. The molecule has 114 valence electrons. The second-order valence-corrected chi connectivity index (χ2v) is 5.36. The molecule has 0 spiro atoms. The summed E-state index contributed by atoms with van der Waals surface area (Å²) in [4.78, 5) is 24.5. The minimum Gasteiger partial charge on any atom is -0.339 e. The molecular formula is C15H21N3O3. The minimum absolute atomic E-state index is 0.00563. The topological polar surface area (TPSA) is 75.5 Å². The van der Waals surface area contributed by atoms with E-state index < -0.39 is 4.92 Å². The van der Waals surface area contributed by atoms with Crippen molar-refractivity contribution in [3.8, 4) is 0 Å². The molecule has 6 heteroatoms. The van der Waals surface area contributed by atoms with E-state index in [1.54, 1.807) is 0 Å². The van der Waals surface area contributed by atoms with Gasteiger partial charge in [0.1, 0.15) is 0 Å². The third-order valence-corrected chi connectivity index (χ3v) is 3.87. The number of carbonyl (C=O) groups excluding carboxylic acids is 1. The van der Waals surface area contributed by atoms with Gasteiger partial charge < -0.3 is 10.2 Å². The second-order valence-electron chi connectivity index (χ2n) is 5.36. The number of carbonyl (C=O) groups is 1. The Morgan fingerprint density at radius 2 is 2.14 bits per heavy atom. The van der Waals surface area contributed by atoms with Crippen LogP contribution in [0.1, 0.15) is 30.1 Å². The molecule has 1 atom stereocenters. The van der Waals surface area contributed by atoms with E-state index in [1.807, 2.05) is 11.8 Å². The Labute approximate surface area is 124 Å². The summed E-state index contributed by atoms with van der Waals surface area (Å²) in [6.45, 7) is 5.34. The highest BCUT2D eigenvalue weighted by Gasteiger charge is 2.21. The summed E-state index contributed by atoms with van der Waals surface area (Å²) in [6.07, 6.45) is 2.28. The van der Waals surface area contributed by atoms with Gasteiger partial charge in [0, 0.05) is 30.8 Å². The van der Waals surface area contributed by atoms with Crippen molar-refractivity contribution in [1.29, 1.82) is 0 Å². The SMILES string of the molecule is CCN(CC1CCCNC1)C(=O)c1ccc([N+](=O)[O-])cc1. The van der Waals surface area contributed by atoms with Crippen LogP contribution in [0.4, 0.5) is 5.69 Å². The molecule has 6 nitrogen and oxygen atoms in total. The van der Waals surface area contributed by atoms with Crippen LogP contribution in [0.2, 0.25) is 0 Å². The minimum atomic E-state index is -0.459. The molecule has 1 N–H and O–H groups in total. The lowest BCUT2D eigenvalue weighted by molar-refractivity contribution is -0.384. The van der Waals surface area contributed by atoms with E-state index in [0.717, 1.165) is 32.5 Å². The van der Waals surface area contributed by atoms with Gasteiger partial charge in [-0.1, -0.05) is 0 Å². The number of hydrogen-bond donors (Lipinski definition) is 1. The van der Waals surface area contributed by atoms with Gasteiger partial charge in [-0.05, 0) is 50.9 Å². The van der Waals surface area contributed by atoms with Gasteiger partial charge in [0.15, 0.2) is 0 Å². The molecule has 0 saturated carbocycles. The van der Waals surface area contributed by atoms with Gasteiger partial charge in [-0.2, -0.15) is 0 Å². The van der Waals surface area contributed by atoms with E-state index >= 15 is 0 Å². The number of nitrogens with zero attached hydrogens (tertiary/aromatic N) is 2. The van der Waals surface area contributed by atoms with Crippen molar-refractivity contribution in [3.05, 3.63) is 39.9 Å². The van der Waals surface area contributed by atoms with Crippen LogP contribution in [-0.4, -0.2) is 41.9 Å². The number of nitro benzene ring substituents is 1. The highest BCUT2D eigenvalue weighted by molar-refractivity contribution is 5.94. The van der Waals surface area contributed by atoms with Gasteiger partial charge >= 0.3 is 0 Å². The highest BCUT2D eigenvalue weighted by Crippen LogP contribution is 2.16. The predicted octanol–water partition coefficient (Wildman–Crippen LogP) is 2.06. The van der Waals surface area contributed by atoms with E-state index in [9.17, 15) is 14.9 Å². The van der Waals surface area contributed by atoms with Crippen molar-refractivity contribution in [1.82, 2.24) is 10.2 Å². The van der Waals surface area contributed by atoms with Crippen LogP contribution in [0.15, 0.2) is 24.3 Å². The first-order chi connectivity index (χ1) is 10.1.